The molecule has 5 nitrogen and oxygen atoms in total. The Morgan fingerprint density at radius 3 is 2.70 bits per heavy atom. The Balaban J connectivity index is 2.66. The normalized spacial score (nSPS) is 12.6. The monoisotopic (exact) mass is 338 g/mol. The Labute approximate surface area is 130 Å². The van der Waals surface area contributed by atoms with E-state index in [-0.39, 0.29) is 12.2 Å². The van der Waals surface area contributed by atoms with Gasteiger partial charge in [0.15, 0.2) is 6.61 Å². The summed E-state index contributed by atoms with van der Waals surface area (Å²) in [7, 11) is 0. The highest BCUT2D eigenvalue weighted by atomic mass is 19.4. The molecule has 0 aliphatic carbocycles. The molecule has 23 heavy (non-hydrogen) atoms. The van der Waals surface area contributed by atoms with Gasteiger partial charge in [-0.05, 0) is 18.6 Å². The largest absolute Gasteiger partial charge is 0.482 e. The molecule has 3 N–H and O–H groups in total. The van der Waals surface area contributed by atoms with Crippen LogP contribution in [0.2, 0.25) is 0 Å². The number of urea groups is 1. The Hall–Kier alpha value is -2.03. The summed E-state index contributed by atoms with van der Waals surface area (Å²) in [6.07, 6.45) is -4.08. The second kappa shape index (κ2) is 8.56. The van der Waals surface area contributed by atoms with E-state index >= 15 is 0 Å². The van der Waals surface area contributed by atoms with Crippen LogP contribution in [0.25, 0.3) is 0 Å². The molecule has 9 heteroatoms. The molecule has 0 fully saturated rings. The van der Waals surface area contributed by atoms with Crippen molar-refractivity contribution in [2.24, 2.45) is 0 Å². The van der Waals surface area contributed by atoms with Crippen LogP contribution in [0.15, 0.2) is 18.2 Å². The van der Waals surface area contributed by atoms with Gasteiger partial charge in [-0.1, -0.05) is 13.3 Å². The third-order valence-corrected chi connectivity index (χ3v) is 2.70. The summed E-state index contributed by atoms with van der Waals surface area (Å²) < 4.78 is 54.1. The molecule has 0 saturated heterocycles. The first-order valence-electron chi connectivity index (χ1n) is 6.93. The lowest BCUT2D eigenvalue weighted by molar-refractivity contribution is -0.153. The highest BCUT2D eigenvalue weighted by molar-refractivity contribution is 5.90. The molecule has 0 heterocycles. The number of hydrogen-bond donors (Lipinski definition) is 3. The van der Waals surface area contributed by atoms with Crippen molar-refractivity contribution >= 4 is 11.7 Å². The second-order valence-electron chi connectivity index (χ2n) is 4.82. The average Bonchev–Trinajstić information content (AvgIpc) is 2.45. The van der Waals surface area contributed by atoms with Crippen molar-refractivity contribution in [1.29, 1.82) is 0 Å². The smallest absolute Gasteiger partial charge is 0.422 e. The van der Waals surface area contributed by atoms with Gasteiger partial charge in [-0.15, -0.1) is 0 Å². The lowest BCUT2D eigenvalue weighted by Crippen LogP contribution is -2.35. The Morgan fingerprint density at radius 1 is 1.39 bits per heavy atom. The maximum Gasteiger partial charge on any atom is 0.422 e. The third-order valence-electron chi connectivity index (χ3n) is 2.70. The topological polar surface area (TPSA) is 70.6 Å². The number of aliphatic hydroxyl groups excluding tert-OH is 1. The van der Waals surface area contributed by atoms with Crippen molar-refractivity contribution in [2.45, 2.75) is 32.0 Å². The molecule has 0 aromatic heterocycles. The van der Waals surface area contributed by atoms with Crippen LogP contribution in [0.1, 0.15) is 19.8 Å². The number of benzene rings is 1. The fourth-order valence-corrected chi connectivity index (χ4v) is 1.69. The second-order valence-corrected chi connectivity index (χ2v) is 4.82. The molecule has 1 aromatic carbocycles. The number of alkyl halides is 3. The molecular formula is C14H18F4N2O3. The molecular weight excluding hydrogens is 320 g/mol. The quantitative estimate of drug-likeness (QED) is 0.669. The van der Waals surface area contributed by atoms with E-state index in [1.165, 1.54) is 0 Å². The van der Waals surface area contributed by atoms with Crippen molar-refractivity contribution < 1.29 is 32.2 Å². The van der Waals surface area contributed by atoms with Gasteiger partial charge < -0.3 is 20.5 Å². The van der Waals surface area contributed by atoms with Gasteiger partial charge in [-0.25, -0.2) is 9.18 Å². The minimum Gasteiger partial charge on any atom is -0.482 e. The van der Waals surface area contributed by atoms with Crippen molar-refractivity contribution in [3.63, 3.8) is 0 Å². The number of nitrogens with one attached hydrogen (secondary N) is 2. The van der Waals surface area contributed by atoms with E-state index in [9.17, 15) is 27.5 Å². The van der Waals surface area contributed by atoms with Crippen LogP contribution in [0.4, 0.5) is 28.0 Å². The number of carbonyl (C=O) groups excluding carboxylic acids is 1. The Kier molecular flexibility index (Phi) is 7.08. The Bertz CT molecular complexity index is 523. The van der Waals surface area contributed by atoms with Gasteiger partial charge in [0.05, 0.1) is 11.8 Å². The van der Waals surface area contributed by atoms with E-state index in [4.69, 9.17) is 0 Å². The highest BCUT2D eigenvalue weighted by Gasteiger charge is 2.29. The number of carbonyl (C=O) groups is 1. The van der Waals surface area contributed by atoms with Crippen LogP contribution in [-0.4, -0.2) is 36.6 Å². The number of halogens is 4. The van der Waals surface area contributed by atoms with Crippen LogP contribution in [0.5, 0.6) is 5.75 Å². The van der Waals surface area contributed by atoms with Gasteiger partial charge in [0, 0.05) is 12.6 Å². The Morgan fingerprint density at radius 2 is 2.09 bits per heavy atom. The summed E-state index contributed by atoms with van der Waals surface area (Å²) in [5.74, 6) is -1.24. The number of amides is 2. The maximum atomic E-state index is 13.1. The molecule has 2 amide bonds. The minimum absolute atomic E-state index is 0.0143. The zero-order valence-corrected chi connectivity index (χ0v) is 12.4. The molecule has 0 bridgehead atoms. The SMILES string of the molecule is CCCC(O)CNC(=O)Nc1ccc(F)cc1OCC(F)(F)F. The van der Waals surface area contributed by atoms with E-state index in [0.717, 1.165) is 24.6 Å². The van der Waals surface area contributed by atoms with E-state index in [0.29, 0.717) is 6.42 Å². The zero-order chi connectivity index (χ0) is 17.5. The van der Waals surface area contributed by atoms with Crippen LogP contribution in [0, 0.1) is 5.82 Å². The number of hydrogen-bond acceptors (Lipinski definition) is 3. The summed E-state index contributed by atoms with van der Waals surface area (Å²) in [5.41, 5.74) is -0.113. The maximum absolute atomic E-state index is 13.1. The standard InChI is InChI=1S/C14H18F4N2O3/c1-2-3-10(21)7-19-13(22)20-11-5-4-9(15)6-12(11)23-8-14(16,17)18/h4-6,10,21H,2-3,7-8H2,1H3,(H2,19,20,22). The molecule has 0 aliphatic rings. The van der Waals surface area contributed by atoms with E-state index in [1.807, 2.05) is 6.92 Å². The van der Waals surface area contributed by atoms with Crippen molar-refractivity contribution in [3.8, 4) is 5.75 Å². The van der Waals surface area contributed by atoms with Gasteiger partial charge >= 0.3 is 12.2 Å². The average molecular weight is 338 g/mol. The summed E-state index contributed by atoms with van der Waals surface area (Å²) in [6, 6.07) is 2.06. The molecule has 0 spiro atoms. The molecule has 0 saturated carbocycles. The van der Waals surface area contributed by atoms with Gasteiger partial charge in [0.25, 0.3) is 0 Å². The predicted molar refractivity (Wildman–Crippen MR) is 75.9 cm³/mol. The first-order chi connectivity index (χ1) is 10.7. The minimum atomic E-state index is -4.59. The summed E-state index contributed by atoms with van der Waals surface area (Å²) in [4.78, 5) is 11.7. The number of ether oxygens (including phenoxy) is 1. The predicted octanol–water partition coefficient (Wildman–Crippen LogP) is 3.05. The summed E-state index contributed by atoms with van der Waals surface area (Å²) >= 11 is 0. The van der Waals surface area contributed by atoms with E-state index in [1.54, 1.807) is 0 Å². The van der Waals surface area contributed by atoms with Crippen LogP contribution in [0.3, 0.4) is 0 Å². The number of rotatable bonds is 7. The lowest BCUT2D eigenvalue weighted by atomic mass is 10.2. The third kappa shape index (κ3) is 7.68. The number of anilines is 1. The van der Waals surface area contributed by atoms with Crippen molar-refractivity contribution in [2.75, 3.05) is 18.5 Å². The van der Waals surface area contributed by atoms with Gasteiger partial charge in [0.1, 0.15) is 11.6 Å². The van der Waals surface area contributed by atoms with Gasteiger partial charge in [-0.2, -0.15) is 13.2 Å². The molecule has 130 valence electrons. The fourth-order valence-electron chi connectivity index (χ4n) is 1.69. The fraction of sp³-hybridized carbons (Fsp3) is 0.500. The van der Waals surface area contributed by atoms with E-state index < -0.39 is 36.5 Å². The molecule has 0 aliphatic heterocycles. The van der Waals surface area contributed by atoms with Gasteiger partial charge in [-0.3, -0.25) is 0 Å². The van der Waals surface area contributed by atoms with Crippen LogP contribution in [-0.2, 0) is 0 Å². The molecule has 1 unspecified atom stereocenters. The molecule has 1 rings (SSSR count). The van der Waals surface area contributed by atoms with Crippen molar-refractivity contribution in [3.05, 3.63) is 24.0 Å². The zero-order valence-electron chi connectivity index (χ0n) is 12.4. The first kappa shape index (κ1) is 19.0. The summed E-state index contributed by atoms with van der Waals surface area (Å²) in [6.45, 7) is 0.244. The molecule has 0 radical (unpaired) electrons. The van der Waals surface area contributed by atoms with Gasteiger partial charge in [0.2, 0.25) is 0 Å². The van der Waals surface area contributed by atoms with Crippen molar-refractivity contribution in [1.82, 2.24) is 5.32 Å². The van der Waals surface area contributed by atoms with Crippen LogP contribution < -0.4 is 15.4 Å². The molecule has 1 atom stereocenters. The lowest BCUT2D eigenvalue weighted by Gasteiger charge is -2.15. The molecule has 1 aromatic rings. The summed E-state index contributed by atoms with van der Waals surface area (Å²) in [5, 5.41) is 14.1. The van der Waals surface area contributed by atoms with Crippen LogP contribution >= 0.6 is 0 Å². The van der Waals surface area contributed by atoms with E-state index in [2.05, 4.69) is 15.4 Å². The highest BCUT2D eigenvalue weighted by Crippen LogP contribution is 2.27. The first-order valence-corrected chi connectivity index (χ1v) is 6.93. The number of aliphatic hydroxyl groups is 1.